The van der Waals surface area contributed by atoms with E-state index in [4.69, 9.17) is 0 Å². The minimum Gasteiger partial charge on any atom is -0.507 e. The van der Waals surface area contributed by atoms with E-state index < -0.39 is 0 Å². The number of hydrogen-bond donors (Lipinski definition) is 1. The summed E-state index contributed by atoms with van der Waals surface area (Å²) < 4.78 is 0. The quantitative estimate of drug-likeness (QED) is 0.555. The van der Waals surface area contributed by atoms with E-state index in [1.165, 1.54) is 23.3 Å². The summed E-state index contributed by atoms with van der Waals surface area (Å²) in [5.74, 6) is 1.69. The Morgan fingerprint density at radius 2 is 1.67 bits per heavy atom. The Morgan fingerprint density at radius 3 is 2.17 bits per heavy atom. The van der Waals surface area contributed by atoms with Gasteiger partial charge in [0.05, 0.1) is 0 Å². The molecule has 0 aliphatic carbocycles. The lowest BCUT2D eigenvalue weighted by atomic mass is 9.99. The number of benzene rings is 1. The van der Waals surface area contributed by atoms with Crippen LogP contribution in [0.2, 0.25) is 0 Å². The zero-order valence-electron chi connectivity index (χ0n) is 12.2. The minimum atomic E-state index is 0.538. The van der Waals surface area contributed by atoms with Crippen LogP contribution < -0.4 is 0 Å². The summed E-state index contributed by atoms with van der Waals surface area (Å²) in [5.41, 5.74) is 3.67. The van der Waals surface area contributed by atoms with Crippen molar-refractivity contribution in [3.8, 4) is 5.75 Å². The smallest absolute Gasteiger partial charge is 0.123 e. The van der Waals surface area contributed by atoms with Crippen LogP contribution in [0.25, 0.3) is 0 Å². The molecule has 1 aromatic rings. The molecule has 0 radical (unpaired) electrons. The molecule has 0 saturated carbocycles. The van der Waals surface area contributed by atoms with Crippen LogP contribution in [0.5, 0.6) is 5.75 Å². The van der Waals surface area contributed by atoms with E-state index in [1.807, 2.05) is 11.8 Å². The van der Waals surface area contributed by atoms with Crippen molar-refractivity contribution >= 4 is 11.8 Å². The first-order chi connectivity index (χ1) is 8.69. The molecular weight excluding hydrogens is 240 g/mol. The van der Waals surface area contributed by atoms with E-state index in [-0.39, 0.29) is 0 Å². The van der Waals surface area contributed by atoms with Crippen LogP contribution in [-0.2, 0) is 19.3 Å². The Hall–Kier alpha value is -0.630. The van der Waals surface area contributed by atoms with Gasteiger partial charge < -0.3 is 5.11 Å². The molecule has 0 aliphatic rings. The summed E-state index contributed by atoms with van der Waals surface area (Å²) in [6, 6.07) is 2.20. The fraction of sp³-hybridized carbons (Fsp3) is 0.625. The Morgan fingerprint density at radius 1 is 1.00 bits per heavy atom. The maximum atomic E-state index is 10.3. The molecule has 18 heavy (non-hydrogen) atoms. The van der Waals surface area contributed by atoms with E-state index in [0.29, 0.717) is 5.75 Å². The number of hydrogen-bond acceptors (Lipinski definition) is 2. The van der Waals surface area contributed by atoms with Crippen molar-refractivity contribution in [3.63, 3.8) is 0 Å². The summed E-state index contributed by atoms with van der Waals surface area (Å²) >= 11 is 1.92. The highest BCUT2D eigenvalue weighted by Gasteiger charge is 2.15. The third-order valence-corrected chi connectivity index (χ3v) is 4.65. The number of aryl methyl sites for hydroxylation is 2. The SMILES string of the molecule is CCCCSc1c(CC)cc(CC)c(O)c1CC. The van der Waals surface area contributed by atoms with Crippen molar-refractivity contribution < 1.29 is 5.11 Å². The lowest BCUT2D eigenvalue weighted by Gasteiger charge is -2.17. The first-order valence-electron chi connectivity index (χ1n) is 7.18. The molecule has 2 heteroatoms. The topological polar surface area (TPSA) is 20.2 Å². The lowest BCUT2D eigenvalue weighted by molar-refractivity contribution is 0.459. The van der Waals surface area contributed by atoms with E-state index in [0.717, 1.165) is 36.1 Å². The molecule has 0 saturated heterocycles. The molecule has 0 heterocycles. The molecule has 0 aromatic heterocycles. The van der Waals surface area contributed by atoms with Crippen molar-refractivity contribution in [2.75, 3.05) is 5.75 Å². The monoisotopic (exact) mass is 266 g/mol. The summed E-state index contributed by atoms with van der Waals surface area (Å²) in [5, 5.41) is 10.3. The van der Waals surface area contributed by atoms with Crippen LogP contribution in [0.15, 0.2) is 11.0 Å². The predicted molar refractivity (Wildman–Crippen MR) is 81.9 cm³/mol. The largest absolute Gasteiger partial charge is 0.507 e. The summed E-state index contributed by atoms with van der Waals surface area (Å²) in [7, 11) is 0. The number of rotatable bonds is 7. The number of thioether (sulfide) groups is 1. The minimum absolute atomic E-state index is 0.538. The van der Waals surface area contributed by atoms with Gasteiger partial charge in [-0.1, -0.05) is 40.2 Å². The van der Waals surface area contributed by atoms with Crippen molar-refractivity contribution in [3.05, 3.63) is 22.8 Å². The van der Waals surface area contributed by atoms with Crippen molar-refractivity contribution in [2.45, 2.75) is 64.7 Å². The number of aromatic hydroxyl groups is 1. The maximum absolute atomic E-state index is 10.3. The van der Waals surface area contributed by atoms with E-state index in [2.05, 4.69) is 33.8 Å². The fourth-order valence-electron chi connectivity index (χ4n) is 2.20. The van der Waals surface area contributed by atoms with Gasteiger partial charge in [0.15, 0.2) is 0 Å². The molecule has 0 fully saturated rings. The second-order valence-electron chi connectivity index (χ2n) is 4.61. The molecule has 0 unspecified atom stereocenters. The second-order valence-corrected chi connectivity index (χ2v) is 5.72. The van der Waals surface area contributed by atoms with Crippen molar-refractivity contribution in [1.82, 2.24) is 0 Å². The fourth-order valence-corrected chi connectivity index (χ4v) is 3.64. The predicted octanol–water partition coefficient (Wildman–Crippen LogP) is 4.97. The van der Waals surface area contributed by atoms with Gasteiger partial charge in [0.1, 0.15) is 5.75 Å². The van der Waals surface area contributed by atoms with E-state index >= 15 is 0 Å². The van der Waals surface area contributed by atoms with Crippen LogP contribution in [0, 0.1) is 0 Å². The molecule has 0 bridgehead atoms. The Labute approximate surface area is 116 Å². The van der Waals surface area contributed by atoms with Gasteiger partial charge >= 0.3 is 0 Å². The third-order valence-electron chi connectivity index (χ3n) is 3.36. The Kier molecular flexibility index (Phi) is 6.62. The van der Waals surface area contributed by atoms with E-state index in [1.54, 1.807) is 0 Å². The van der Waals surface area contributed by atoms with E-state index in [9.17, 15) is 5.11 Å². The van der Waals surface area contributed by atoms with Gasteiger partial charge in [-0.15, -0.1) is 11.8 Å². The molecule has 102 valence electrons. The van der Waals surface area contributed by atoms with Crippen molar-refractivity contribution in [2.24, 2.45) is 0 Å². The summed E-state index contributed by atoms with van der Waals surface area (Å²) in [4.78, 5) is 1.34. The van der Waals surface area contributed by atoms with Crippen LogP contribution in [0.1, 0.15) is 57.2 Å². The van der Waals surface area contributed by atoms with Crippen LogP contribution >= 0.6 is 11.8 Å². The molecule has 1 N–H and O–H groups in total. The number of phenolic OH excluding ortho intramolecular Hbond substituents is 1. The molecule has 0 atom stereocenters. The average molecular weight is 266 g/mol. The zero-order chi connectivity index (χ0) is 13.5. The number of phenols is 1. The first-order valence-corrected chi connectivity index (χ1v) is 8.17. The molecule has 0 amide bonds. The van der Waals surface area contributed by atoms with Gasteiger partial charge in [-0.2, -0.15) is 0 Å². The van der Waals surface area contributed by atoms with Gasteiger partial charge in [-0.3, -0.25) is 0 Å². The lowest BCUT2D eigenvalue weighted by Crippen LogP contribution is -1.98. The zero-order valence-corrected chi connectivity index (χ0v) is 13.0. The molecular formula is C16H26OS. The maximum Gasteiger partial charge on any atom is 0.123 e. The molecule has 1 nitrogen and oxygen atoms in total. The van der Waals surface area contributed by atoms with Crippen LogP contribution in [0.3, 0.4) is 0 Å². The number of unbranched alkanes of at least 4 members (excludes halogenated alkanes) is 1. The van der Waals surface area contributed by atoms with Crippen LogP contribution in [0.4, 0.5) is 0 Å². The van der Waals surface area contributed by atoms with Gasteiger partial charge in [-0.25, -0.2) is 0 Å². The molecule has 0 spiro atoms. The van der Waals surface area contributed by atoms with Gasteiger partial charge in [0, 0.05) is 10.5 Å². The second kappa shape index (κ2) is 7.73. The standard InChI is InChI=1S/C16H26OS/c1-5-9-10-18-16-13(7-3)11-12(6-2)15(17)14(16)8-4/h11,17H,5-10H2,1-4H3. The van der Waals surface area contributed by atoms with Gasteiger partial charge in [0.2, 0.25) is 0 Å². The highest BCUT2D eigenvalue weighted by Crippen LogP contribution is 2.37. The molecule has 0 aliphatic heterocycles. The molecule has 1 rings (SSSR count). The summed E-state index contributed by atoms with van der Waals surface area (Å²) in [6.07, 6.45) is 5.35. The highest BCUT2D eigenvalue weighted by molar-refractivity contribution is 7.99. The molecule has 1 aromatic carbocycles. The first kappa shape index (κ1) is 15.4. The Bertz CT molecular complexity index is 385. The van der Waals surface area contributed by atoms with Crippen molar-refractivity contribution in [1.29, 1.82) is 0 Å². The van der Waals surface area contributed by atoms with Gasteiger partial charge in [0.25, 0.3) is 0 Å². The average Bonchev–Trinajstić information content (AvgIpc) is 2.39. The Balaban J connectivity index is 3.15. The normalized spacial score (nSPS) is 10.9. The summed E-state index contributed by atoms with van der Waals surface area (Å²) in [6.45, 7) is 8.67. The van der Waals surface area contributed by atoms with Gasteiger partial charge in [-0.05, 0) is 42.6 Å². The highest BCUT2D eigenvalue weighted by atomic mass is 32.2. The van der Waals surface area contributed by atoms with Crippen LogP contribution in [-0.4, -0.2) is 10.9 Å². The third kappa shape index (κ3) is 3.44.